The molecule has 25 heavy (non-hydrogen) atoms. The maximum atomic E-state index is 13.6. The molecule has 2 N–H and O–H groups in total. The third-order valence-corrected chi connectivity index (χ3v) is 4.39. The Kier molecular flexibility index (Phi) is 5.40. The predicted octanol–water partition coefficient (Wildman–Crippen LogP) is 2.44. The second-order valence-electron chi connectivity index (χ2n) is 6.38. The van der Waals surface area contributed by atoms with Crippen molar-refractivity contribution in [2.24, 2.45) is 5.92 Å². The van der Waals surface area contributed by atoms with E-state index in [0.29, 0.717) is 13.1 Å². The molecule has 1 heterocycles. The number of likely N-dealkylation sites (tertiary alicyclic amines) is 1. The molecule has 0 aliphatic carbocycles. The smallest absolute Gasteiger partial charge is 0.238 e. The van der Waals surface area contributed by atoms with Gasteiger partial charge in [0.2, 0.25) is 5.91 Å². The van der Waals surface area contributed by atoms with Crippen LogP contribution in [0.3, 0.4) is 0 Å². The van der Waals surface area contributed by atoms with Gasteiger partial charge in [0.05, 0.1) is 18.3 Å². The zero-order chi connectivity index (χ0) is 17.8. The van der Waals surface area contributed by atoms with Crippen molar-refractivity contribution in [3.05, 3.63) is 65.7 Å². The minimum atomic E-state index is -0.682. The molecule has 3 rings (SSSR count). The van der Waals surface area contributed by atoms with Gasteiger partial charge < -0.3 is 10.4 Å². The van der Waals surface area contributed by atoms with Crippen LogP contribution in [0.25, 0.3) is 0 Å². The summed E-state index contributed by atoms with van der Waals surface area (Å²) in [6, 6.07) is 12.8. The number of aliphatic hydroxyl groups is 1. The molecule has 2 atom stereocenters. The van der Waals surface area contributed by atoms with Crippen molar-refractivity contribution in [2.75, 3.05) is 25.0 Å². The van der Waals surface area contributed by atoms with Gasteiger partial charge in [-0.05, 0) is 24.1 Å². The van der Waals surface area contributed by atoms with Crippen LogP contribution in [0.2, 0.25) is 0 Å². The molecular formula is C19H20F2N2O2. The van der Waals surface area contributed by atoms with Crippen molar-refractivity contribution in [1.29, 1.82) is 0 Å². The molecule has 1 amide bonds. The number of benzene rings is 2. The van der Waals surface area contributed by atoms with Gasteiger partial charge in [-0.15, -0.1) is 0 Å². The van der Waals surface area contributed by atoms with Gasteiger partial charge in [0.1, 0.15) is 11.6 Å². The zero-order valence-electron chi connectivity index (χ0n) is 13.7. The van der Waals surface area contributed by atoms with E-state index in [9.17, 15) is 18.7 Å². The van der Waals surface area contributed by atoms with Crippen molar-refractivity contribution in [3.8, 4) is 0 Å². The lowest BCUT2D eigenvalue weighted by atomic mass is 9.97. The van der Waals surface area contributed by atoms with Crippen molar-refractivity contribution in [2.45, 2.75) is 12.5 Å². The lowest BCUT2D eigenvalue weighted by Crippen LogP contribution is -2.32. The molecule has 1 fully saturated rings. The Morgan fingerprint density at radius 3 is 2.68 bits per heavy atom. The number of aliphatic hydroxyl groups excluding tert-OH is 1. The van der Waals surface area contributed by atoms with Crippen molar-refractivity contribution >= 4 is 11.6 Å². The number of nitrogens with one attached hydrogen (secondary N) is 1. The minimum absolute atomic E-state index is 0.0261. The summed E-state index contributed by atoms with van der Waals surface area (Å²) in [4.78, 5) is 13.9. The van der Waals surface area contributed by atoms with Crippen LogP contribution in [0, 0.1) is 17.6 Å². The molecule has 2 aromatic rings. The summed E-state index contributed by atoms with van der Waals surface area (Å²) in [6.07, 6.45) is 0.220. The van der Waals surface area contributed by atoms with E-state index in [2.05, 4.69) is 5.32 Å². The van der Waals surface area contributed by atoms with Gasteiger partial charge >= 0.3 is 0 Å². The lowest BCUT2D eigenvalue weighted by Gasteiger charge is -2.15. The van der Waals surface area contributed by atoms with E-state index in [4.69, 9.17) is 0 Å². The molecule has 0 unspecified atom stereocenters. The summed E-state index contributed by atoms with van der Waals surface area (Å²) in [5.74, 6) is -1.69. The zero-order valence-corrected chi connectivity index (χ0v) is 13.7. The summed E-state index contributed by atoms with van der Waals surface area (Å²) in [5.41, 5.74) is 0.963. The summed E-state index contributed by atoms with van der Waals surface area (Å²) >= 11 is 0. The monoisotopic (exact) mass is 346 g/mol. The number of β-amino-alcohol motifs (C(OH)–C–C–N with tert-alkyl or cyclic N) is 1. The first kappa shape index (κ1) is 17.5. The molecule has 1 aliphatic rings. The third kappa shape index (κ3) is 4.61. The van der Waals surface area contributed by atoms with Crippen LogP contribution >= 0.6 is 0 Å². The lowest BCUT2D eigenvalue weighted by molar-refractivity contribution is -0.117. The average Bonchev–Trinajstić information content (AvgIpc) is 2.91. The van der Waals surface area contributed by atoms with Crippen molar-refractivity contribution in [3.63, 3.8) is 0 Å². The molecule has 6 heteroatoms. The fourth-order valence-electron chi connectivity index (χ4n) is 3.17. The second kappa shape index (κ2) is 7.72. The topological polar surface area (TPSA) is 52.6 Å². The van der Waals surface area contributed by atoms with E-state index in [1.54, 1.807) is 0 Å². The molecule has 4 nitrogen and oxygen atoms in total. The van der Waals surface area contributed by atoms with E-state index < -0.39 is 23.6 Å². The minimum Gasteiger partial charge on any atom is -0.391 e. The molecule has 1 aliphatic heterocycles. The maximum Gasteiger partial charge on any atom is 0.238 e. The molecule has 0 saturated carbocycles. The van der Waals surface area contributed by atoms with Crippen LogP contribution < -0.4 is 5.32 Å². The normalized spacial score (nSPS) is 20.6. The molecule has 0 spiro atoms. The highest BCUT2D eigenvalue weighted by Crippen LogP contribution is 2.22. The Bertz CT molecular complexity index is 739. The van der Waals surface area contributed by atoms with Crippen LogP contribution in [-0.2, 0) is 11.2 Å². The number of hydrogen-bond acceptors (Lipinski definition) is 3. The summed E-state index contributed by atoms with van der Waals surface area (Å²) in [7, 11) is 0. The quantitative estimate of drug-likeness (QED) is 0.874. The van der Waals surface area contributed by atoms with Gasteiger partial charge in [0.15, 0.2) is 0 Å². The van der Waals surface area contributed by atoms with E-state index >= 15 is 0 Å². The van der Waals surface area contributed by atoms with E-state index in [1.807, 2.05) is 35.2 Å². The highest BCUT2D eigenvalue weighted by atomic mass is 19.1. The van der Waals surface area contributed by atoms with Crippen LogP contribution in [-0.4, -0.2) is 41.7 Å². The third-order valence-electron chi connectivity index (χ3n) is 4.39. The largest absolute Gasteiger partial charge is 0.391 e. The Morgan fingerprint density at radius 1 is 1.16 bits per heavy atom. The first-order valence-corrected chi connectivity index (χ1v) is 8.20. The van der Waals surface area contributed by atoms with E-state index in [0.717, 1.165) is 30.2 Å². The molecule has 2 aromatic carbocycles. The van der Waals surface area contributed by atoms with Gasteiger partial charge in [-0.2, -0.15) is 0 Å². The number of hydrogen-bond donors (Lipinski definition) is 2. The predicted molar refractivity (Wildman–Crippen MR) is 91.1 cm³/mol. The van der Waals surface area contributed by atoms with Gasteiger partial charge in [-0.25, -0.2) is 8.78 Å². The average molecular weight is 346 g/mol. The summed E-state index contributed by atoms with van der Waals surface area (Å²) in [6.45, 7) is 0.990. The fraction of sp³-hybridized carbons (Fsp3) is 0.316. The Hall–Kier alpha value is -2.31. The number of carbonyl (C=O) groups excluding carboxylic acids is 1. The van der Waals surface area contributed by atoms with E-state index in [-0.39, 0.29) is 18.2 Å². The van der Waals surface area contributed by atoms with Crippen LogP contribution in [0.1, 0.15) is 5.56 Å². The fourth-order valence-corrected chi connectivity index (χ4v) is 3.17. The SMILES string of the molecule is O=C(CN1C[C@@H](Cc2ccccc2)[C@H](O)C1)Nc1cc(F)ccc1F. The molecule has 0 radical (unpaired) electrons. The van der Waals surface area contributed by atoms with E-state index in [1.165, 1.54) is 0 Å². The van der Waals surface area contributed by atoms with Crippen LogP contribution in [0.15, 0.2) is 48.5 Å². The molecule has 1 saturated heterocycles. The summed E-state index contributed by atoms with van der Waals surface area (Å²) in [5, 5.41) is 12.6. The summed E-state index contributed by atoms with van der Waals surface area (Å²) < 4.78 is 26.7. The second-order valence-corrected chi connectivity index (χ2v) is 6.38. The highest BCUT2D eigenvalue weighted by Gasteiger charge is 2.32. The molecule has 0 aromatic heterocycles. The number of rotatable bonds is 5. The van der Waals surface area contributed by atoms with Crippen molar-refractivity contribution < 1.29 is 18.7 Å². The Labute approximate surface area is 145 Å². The highest BCUT2D eigenvalue weighted by molar-refractivity contribution is 5.92. The number of anilines is 1. The van der Waals surface area contributed by atoms with Gasteiger partial charge in [-0.1, -0.05) is 30.3 Å². The van der Waals surface area contributed by atoms with Crippen LogP contribution in [0.4, 0.5) is 14.5 Å². The van der Waals surface area contributed by atoms with Gasteiger partial charge in [0.25, 0.3) is 0 Å². The molecule has 0 bridgehead atoms. The Morgan fingerprint density at radius 2 is 1.92 bits per heavy atom. The molecule has 132 valence electrons. The van der Waals surface area contributed by atoms with Gasteiger partial charge in [0, 0.05) is 25.1 Å². The maximum absolute atomic E-state index is 13.6. The standard InChI is InChI=1S/C19H20F2N2O2/c20-15-6-7-16(21)17(9-15)22-19(25)12-23-10-14(18(24)11-23)8-13-4-2-1-3-5-13/h1-7,9,14,18,24H,8,10-12H2,(H,22,25)/t14-,18-/m1/s1. The van der Waals surface area contributed by atoms with Gasteiger partial charge in [-0.3, -0.25) is 9.69 Å². The molecular weight excluding hydrogens is 326 g/mol. The van der Waals surface area contributed by atoms with Crippen LogP contribution in [0.5, 0.6) is 0 Å². The Balaban J connectivity index is 1.55. The number of nitrogens with zero attached hydrogens (tertiary/aromatic N) is 1. The first-order chi connectivity index (χ1) is 12.0. The number of halogens is 2. The number of carbonyl (C=O) groups is 1. The van der Waals surface area contributed by atoms with Crippen molar-refractivity contribution in [1.82, 2.24) is 4.90 Å². The number of amides is 1. The first-order valence-electron chi connectivity index (χ1n) is 8.20.